The van der Waals surface area contributed by atoms with E-state index in [9.17, 15) is 14.9 Å². The highest BCUT2D eigenvalue weighted by molar-refractivity contribution is 5.93. The zero-order valence-corrected chi connectivity index (χ0v) is 10.2. The average molecular weight is 271 g/mol. The van der Waals surface area contributed by atoms with Crippen molar-refractivity contribution in [3.63, 3.8) is 0 Å². The Balaban J connectivity index is 1.82. The molecular weight excluding hydrogens is 262 g/mol. The first kappa shape index (κ1) is 12.2. The molecule has 1 atom stereocenters. The molecule has 20 heavy (non-hydrogen) atoms. The summed E-state index contributed by atoms with van der Waals surface area (Å²) in [4.78, 5) is 21.7. The van der Waals surface area contributed by atoms with Crippen molar-refractivity contribution in [1.29, 1.82) is 0 Å². The number of hydrogen-bond acceptors (Lipinski definition) is 5. The van der Waals surface area contributed by atoms with Gasteiger partial charge in [-0.3, -0.25) is 10.1 Å². The molecule has 2 aromatic carbocycles. The van der Waals surface area contributed by atoms with E-state index in [0.29, 0.717) is 16.9 Å². The van der Waals surface area contributed by atoms with Gasteiger partial charge in [-0.05, 0) is 18.2 Å². The molecular formula is C14H9NO5. The van der Waals surface area contributed by atoms with Gasteiger partial charge in [-0.15, -0.1) is 0 Å². The van der Waals surface area contributed by atoms with Crippen LogP contribution in [0.25, 0.3) is 0 Å². The minimum Gasteiger partial charge on any atom is -0.450 e. The van der Waals surface area contributed by atoms with Gasteiger partial charge in [0.05, 0.1) is 10.5 Å². The smallest absolute Gasteiger partial charge is 0.342 e. The topological polar surface area (TPSA) is 78.7 Å². The molecule has 1 aliphatic heterocycles. The monoisotopic (exact) mass is 271 g/mol. The number of fused-ring (bicyclic) bond motifs is 1. The second kappa shape index (κ2) is 4.65. The summed E-state index contributed by atoms with van der Waals surface area (Å²) in [6, 6.07) is 12.5. The number of rotatable bonds is 3. The first-order valence-corrected chi connectivity index (χ1v) is 5.86. The van der Waals surface area contributed by atoms with Gasteiger partial charge in [0.2, 0.25) is 0 Å². The molecule has 0 N–H and O–H groups in total. The largest absolute Gasteiger partial charge is 0.450 e. The van der Waals surface area contributed by atoms with E-state index in [-0.39, 0.29) is 5.69 Å². The lowest BCUT2D eigenvalue weighted by Crippen LogP contribution is -2.07. The molecule has 2 aromatic rings. The Labute approximate surface area is 113 Å². The van der Waals surface area contributed by atoms with E-state index in [1.54, 1.807) is 24.3 Å². The molecule has 0 spiro atoms. The Bertz CT molecular complexity index is 680. The third kappa shape index (κ3) is 2.07. The molecule has 3 rings (SSSR count). The summed E-state index contributed by atoms with van der Waals surface area (Å²) in [6.07, 6.45) is -0.819. The van der Waals surface area contributed by atoms with Gasteiger partial charge in [0.15, 0.2) is 0 Å². The number of carbonyl (C=O) groups excluding carboxylic acids is 1. The van der Waals surface area contributed by atoms with Crippen LogP contribution in [0.15, 0.2) is 48.5 Å². The van der Waals surface area contributed by atoms with Gasteiger partial charge in [0, 0.05) is 17.7 Å². The van der Waals surface area contributed by atoms with E-state index in [1.165, 1.54) is 24.3 Å². The molecule has 0 saturated heterocycles. The highest BCUT2D eigenvalue weighted by Crippen LogP contribution is 2.32. The number of nitro groups is 1. The molecule has 0 aliphatic carbocycles. The summed E-state index contributed by atoms with van der Waals surface area (Å²) in [6.45, 7) is 0. The van der Waals surface area contributed by atoms with Crippen LogP contribution in [0.3, 0.4) is 0 Å². The fourth-order valence-corrected chi connectivity index (χ4v) is 1.97. The van der Waals surface area contributed by atoms with Crippen molar-refractivity contribution in [3.8, 4) is 5.75 Å². The third-order valence-electron chi connectivity index (χ3n) is 2.94. The number of esters is 1. The zero-order chi connectivity index (χ0) is 14.1. The van der Waals surface area contributed by atoms with Crippen LogP contribution in [0.2, 0.25) is 0 Å². The maximum absolute atomic E-state index is 11.6. The Morgan fingerprint density at radius 1 is 1.10 bits per heavy atom. The van der Waals surface area contributed by atoms with Gasteiger partial charge in [-0.2, -0.15) is 0 Å². The van der Waals surface area contributed by atoms with Crippen molar-refractivity contribution in [2.24, 2.45) is 0 Å². The minimum atomic E-state index is -0.819. The molecule has 0 aromatic heterocycles. The van der Waals surface area contributed by atoms with Crippen molar-refractivity contribution in [2.75, 3.05) is 0 Å². The number of nitrogens with zero attached hydrogens (tertiary/aromatic N) is 1. The number of benzene rings is 2. The molecule has 0 amide bonds. The first-order valence-electron chi connectivity index (χ1n) is 5.86. The number of ether oxygens (including phenoxy) is 2. The van der Waals surface area contributed by atoms with Gasteiger partial charge < -0.3 is 9.47 Å². The van der Waals surface area contributed by atoms with Crippen LogP contribution in [0, 0.1) is 10.1 Å². The molecule has 1 unspecified atom stereocenters. The molecule has 100 valence electrons. The summed E-state index contributed by atoms with van der Waals surface area (Å²) in [5.74, 6) is -0.0439. The number of carbonyl (C=O) groups is 1. The number of cyclic esters (lactones) is 1. The van der Waals surface area contributed by atoms with E-state index in [0.717, 1.165) is 0 Å². The van der Waals surface area contributed by atoms with Crippen molar-refractivity contribution in [2.45, 2.75) is 6.29 Å². The van der Waals surface area contributed by atoms with E-state index in [1.807, 2.05) is 0 Å². The van der Waals surface area contributed by atoms with E-state index < -0.39 is 17.2 Å². The SMILES string of the molecule is O=C1OC(Oc2ccc([N+](=O)[O-])cc2)c2ccccc21. The van der Waals surface area contributed by atoms with E-state index >= 15 is 0 Å². The lowest BCUT2D eigenvalue weighted by atomic mass is 10.1. The summed E-state index contributed by atoms with van der Waals surface area (Å²) in [5, 5.41) is 10.6. The van der Waals surface area contributed by atoms with Crippen LogP contribution in [0.5, 0.6) is 5.75 Å². The van der Waals surface area contributed by atoms with Crippen LogP contribution in [0.4, 0.5) is 5.69 Å². The molecule has 6 nitrogen and oxygen atoms in total. The van der Waals surface area contributed by atoms with Crippen molar-refractivity contribution in [1.82, 2.24) is 0 Å². The summed E-state index contributed by atoms with van der Waals surface area (Å²) >= 11 is 0. The standard InChI is InChI=1S/C14H9NO5/c16-13-11-3-1-2-4-12(11)14(20-13)19-10-7-5-9(6-8-10)15(17)18/h1-8,14H. The second-order valence-electron chi connectivity index (χ2n) is 4.19. The quantitative estimate of drug-likeness (QED) is 0.487. The van der Waals surface area contributed by atoms with Crippen LogP contribution >= 0.6 is 0 Å². The second-order valence-corrected chi connectivity index (χ2v) is 4.19. The molecule has 1 heterocycles. The van der Waals surface area contributed by atoms with Crippen molar-refractivity contribution in [3.05, 3.63) is 69.8 Å². The number of hydrogen-bond donors (Lipinski definition) is 0. The summed E-state index contributed by atoms with van der Waals surface area (Å²) < 4.78 is 10.7. The van der Waals surface area contributed by atoms with Crippen LogP contribution in [0.1, 0.15) is 22.2 Å². The fraction of sp³-hybridized carbons (Fsp3) is 0.0714. The Morgan fingerprint density at radius 2 is 1.80 bits per heavy atom. The molecule has 1 aliphatic rings. The fourth-order valence-electron chi connectivity index (χ4n) is 1.97. The number of nitro benzene ring substituents is 1. The van der Waals surface area contributed by atoms with Gasteiger partial charge in [-0.25, -0.2) is 4.79 Å². The van der Waals surface area contributed by atoms with Gasteiger partial charge >= 0.3 is 5.97 Å². The zero-order valence-electron chi connectivity index (χ0n) is 10.2. The Hall–Kier alpha value is -2.89. The Kier molecular flexibility index (Phi) is 2.83. The van der Waals surface area contributed by atoms with Crippen molar-refractivity contribution < 1.29 is 19.2 Å². The molecule has 0 bridgehead atoms. The Morgan fingerprint density at radius 3 is 2.50 bits per heavy atom. The molecule has 0 radical (unpaired) electrons. The van der Waals surface area contributed by atoms with Crippen LogP contribution in [-0.2, 0) is 4.74 Å². The van der Waals surface area contributed by atoms with Crippen LogP contribution in [-0.4, -0.2) is 10.9 Å². The van der Waals surface area contributed by atoms with E-state index in [2.05, 4.69) is 0 Å². The highest BCUT2D eigenvalue weighted by Gasteiger charge is 2.32. The predicted molar refractivity (Wildman–Crippen MR) is 68.3 cm³/mol. The van der Waals surface area contributed by atoms with Crippen molar-refractivity contribution >= 4 is 11.7 Å². The summed E-state index contributed by atoms with van der Waals surface area (Å²) in [7, 11) is 0. The van der Waals surface area contributed by atoms with Gasteiger partial charge in [-0.1, -0.05) is 18.2 Å². The highest BCUT2D eigenvalue weighted by atomic mass is 16.7. The molecule has 0 saturated carbocycles. The maximum atomic E-state index is 11.6. The minimum absolute atomic E-state index is 0.0267. The molecule has 6 heteroatoms. The summed E-state index contributed by atoms with van der Waals surface area (Å²) in [5.41, 5.74) is 1.09. The maximum Gasteiger partial charge on any atom is 0.342 e. The average Bonchev–Trinajstić information content (AvgIpc) is 2.77. The first-order chi connectivity index (χ1) is 9.65. The third-order valence-corrected chi connectivity index (χ3v) is 2.94. The van der Waals surface area contributed by atoms with E-state index in [4.69, 9.17) is 9.47 Å². The lowest BCUT2D eigenvalue weighted by Gasteiger charge is -2.13. The van der Waals surface area contributed by atoms with Gasteiger partial charge in [0.25, 0.3) is 12.0 Å². The number of non-ortho nitro benzene ring substituents is 1. The lowest BCUT2D eigenvalue weighted by molar-refractivity contribution is -0.384. The predicted octanol–water partition coefficient (Wildman–Crippen LogP) is 2.84. The van der Waals surface area contributed by atoms with Crippen LogP contribution < -0.4 is 4.74 Å². The van der Waals surface area contributed by atoms with Gasteiger partial charge in [0.1, 0.15) is 5.75 Å². The molecule has 0 fully saturated rings. The normalized spacial score (nSPS) is 16.4.